The molecule has 88 valence electrons. The highest BCUT2D eigenvalue weighted by molar-refractivity contribution is 5.50. The first kappa shape index (κ1) is 11.3. The number of hydrogen-bond acceptors (Lipinski definition) is 3. The first-order valence-corrected chi connectivity index (χ1v) is 5.23. The Morgan fingerprint density at radius 3 is 2.69 bits per heavy atom. The number of nitrogens with zero attached hydrogens (tertiary/aromatic N) is 1. The summed E-state index contributed by atoms with van der Waals surface area (Å²) in [6.45, 7) is 0.865. The molecule has 0 amide bonds. The van der Waals surface area contributed by atoms with Gasteiger partial charge in [0.1, 0.15) is 0 Å². The number of rotatable bonds is 2. The summed E-state index contributed by atoms with van der Waals surface area (Å²) in [4.78, 5) is 1.64. The Bertz CT molecular complexity index is 398. The maximum atomic E-state index is 13.7. The van der Waals surface area contributed by atoms with Gasteiger partial charge in [-0.15, -0.1) is 0 Å². The maximum absolute atomic E-state index is 13.7. The van der Waals surface area contributed by atoms with Crippen LogP contribution in [0.3, 0.4) is 0 Å². The highest BCUT2D eigenvalue weighted by Crippen LogP contribution is 2.27. The number of anilines is 1. The van der Waals surface area contributed by atoms with Crippen LogP contribution in [-0.4, -0.2) is 24.3 Å². The summed E-state index contributed by atoms with van der Waals surface area (Å²) in [6, 6.07) is 3.00. The van der Waals surface area contributed by atoms with E-state index in [2.05, 4.69) is 0 Å². The zero-order valence-corrected chi connectivity index (χ0v) is 8.79. The fourth-order valence-electron chi connectivity index (χ4n) is 1.94. The van der Waals surface area contributed by atoms with Crippen LogP contribution in [0, 0.1) is 11.6 Å². The molecule has 1 unspecified atom stereocenters. The zero-order valence-electron chi connectivity index (χ0n) is 8.79. The van der Waals surface area contributed by atoms with Gasteiger partial charge in [0, 0.05) is 25.2 Å². The molecule has 1 atom stereocenters. The molecule has 0 radical (unpaired) electrons. The fraction of sp³-hybridized carbons (Fsp3) is 0.455. The molecule has 1 aromatic carbocycles. The third kappa shape index (κ3) is 1.88. The van der Waals surface area contributed by atoms with Crippen molar-refractivity contribution < 1.29 is 13.9 Å². The molecule has 5 heteroatoms. The van der Waals surface area contributed by atoms with Crippen LogP contribution >= 0.6 is 0 Å². The summed E-state index contributed by atoms with van der Waals surface area (Å²) in [6.07, 6.45) is 0.122. The molecule has 0 aromatic heterocycles. The smallest absolute Gasteiger partial charge is 0.182 e. The van der Waals surface area contributed by atoms with Gasteiger partial charge in [0.25, 0.3) is 0 Å². The molecule has 1 aromatic rings. The van der Waals surface area contributed by atoms with E-state index in [1.165, 1.54) is 12.1 Å². The Hall–Kier alpha value is -1.20. The Labute approximate surface area is 92.5 Å². The van der Waals surface area contributed by atoms with E-state index < -0.39 is 17.7 Å². The minimum atomic E-state index is -0.888. The summed E-state index contributed by atoms with van der Waals surface area (Å²) in [7, 11) is 0. The molecule has 1 aliphatic rings. The maximum Gasteiger partial charge on any atom is 0.182 e. The molecule has 3 N–H and O–H groups in total. The van der Waals surface area contributed by atoms with Gasteiger partial charge in [-0.25, -0.2) is 8.78 Å². The van der Waals surface area contributed by atoms with E-state index in [9.17, 15) is 13.9 Å². The van der Waals surface area contributed by atoms with Gasteiger partial charge in [0.2, 0.25) is 0 Å². The number of aliphatic hydroxyl groups is 1. The summed E-state index contributed by atoms with van der Waals surface area (Å²) < 4.78 is 27.1. The molecule has 0 aliphatic carbocycles. The predicted octanol–water partition coefficient (Wildman–Crippen LogP) is 0.994. The van der Waals surface area contributed by atoms with Gasteiger partial charge >= 0.3 is 0 Å². The normalized spacial score (nSPS) is 20.5. The van der Waals surface area contributed by atoms with Crippen LogP contribution in [0.1, 0.15) is 12.0 Å². The second-order valence-corrected chi connectivity index (χ2v) is 3.96. The molecule has 0 spiro atoms. The van der Waals surface area contributed by atoms with E-state index in [0.29, 0.717) is 19.5 Å². The molecule has 1 heterocycles. The van der Waals surface area contributed by atoms with Crippen molar-refractivity contribution in [1.82, 2.24) is 0 Å². The molecule has 1 aliphatic heterocycles. The second-order valence-electron chi connectivity index (χ2n) is 3.96. The predicted molar refractivity (Wildman–Crippen MR) is 57.1 cm³/mol. The summed E-state index contributed by atoms with van der Waals surface area (Å²) >= 11 is 0. The lowest BCUT2D eigenvalue weighted by Crippen LogP contribution is -2.23. The van der Waals surface area contributed by atoms with Crippen molar-refractivity contribution in [3.8, 4) is 0 Å². The number of benzene rings is 1. The van der Waals surface area contributed by atoms with Crippen LogP contribution in [0.4, 0.5) is 14.5 Å². The first-order valence-electron chi connectivity index (χ1n) is 5.23. The zero-order chi connectivity index (χ0) is 11.7. The second kappa shape index (κ2) is 4.35. The number of hydrogen-bond donors (Lipinski definition) is 2. The van der Waals surface area contributed by atoms with Gasteiger partial charge in [0.05, 0.1) is 11.8 Å². The van der Waals surface area contributed by atoms with E-state index in [-0.39, 0.29) is 17.8 Å². The molecule has 0 saturated carbocycles. The number of nitrogens with two attached hydrogens (primary N) is 1. The third-order valence-electron chi connectivity index (χ3n) is 2.87. The average molecular weight is 228 g/mol. The van der Waals surface area contributed by atoms with Crippen LogP contribution in [0.25, 0.3) is 0 Å². The Balaban J connectivity index is 2.32. The van der Waals surface area contributed by atoms with Crippen molar-refractivity contribution in [2.45, 2.75) is 19.1 Å². The Morgan fingerprint density at radius 1 is 1.38 bits per heavy atom. The molecule has 2 rings (SSSR count). The van der Waals surface area contributed by atoms with Gasteiger partial charge < -0.3 is 15.7 Å². The standard InChI is InChI=1S/C11H14F2N2O/c12-10-7(5-14)1-2-9(11(10)13)15-4-3-8(16)6-15/h1-2,8,16H,3-6,14H2. The average Bonchev–Trinajstić information content (AvgIpc) is 2.69. The highest BCUT2D eigenvalue weighted by atomic mass is 19.2. The van der Waals surface area contributed by atoms with Gasteiger partial charge in [-0.05, 0) is 12.5 Å². The van der Waals surface area contributed by atoms with Crippen molar-refractivity contribution in [3.05, 3.63) is 29.3 Å². The summed E-state index contributed by atoms with van der Waals surface area (Å²) in [5.74, 6) is -1.77. The molecule has 3 nitrogen and oxygen atoms in total. The highest BCUT2D eigenvalue weighted by Gasteiger charge is 2.24. The molecular formula is C11H14F2N2O. The van der Waals surface area contributed by atoms with Crippen LogP contribution in [-0.2, 0) is 6.54 Å². The van der Waals surface area contributed by atoms with Crippen molar-refractivity contribution >= 4 is 5.69 Å². The lowest BCUT2D eigenvalue weighted by Gasteiger charge is -2.19. The topological polar surface area (TPSA) is 49.5 Å². The molecular weight excluding hydrogens is 214 g/mol. The lowest BCUT2D eigenvalue weighted by atomic mass is 10.1. The summed E-state index contributed by atoms with van der Waals surface area (Å²) in [5.41, 5.74) is 5.65. The van der Waals surface area contributed by atoms with Crippen molar-refractivity contribution in [1.29, 1.82) is 0 Å². The van der Waals surface area contributed by atoms with E-state index in [1.54, 1.807) is 4.90 Å². The van der Waals surface area contributed by atoms with Crippen LogP contribution < -0.4 is 10.6 Å². The SMILES string of the molecule is NCc1ccc(N2CCC(O)C2)c(F)c1F. The number of aliphatic hydroxyl groups excluding tert-OH is 1. The van der Waals surface area contributed by atoms with Gasteiger partial charge in [-0.3, -0.25) is 0 Å². The minimum absolute atomic E-state index is 0.0222. The fourth-order valence-corrected chi connectivity index (χ4v) is 1.94. The minimum Gasteiger partial charge on any atom is -0.391 e. The van der Waals surface area contributed by atoms with Crippen LogP contribution in [0.5, 0.6) is 0 Å². The quantitative estimate of drug-likeness (QED) is 0.793. The van der Waals surface area contributed by atoms with E-state index in [4.69, 9.17) is 5.73 Å². The number of β-amino-alcohol motifs (C(OH)–C–C–N with tert-alkyl or cyclic N) is 1. The van der Waals surface area contributed by atoms with Gasteiger partial charge in [-0.1, -0.05) is 6.07 Å². The molecule has 0 bridgehead atoms. The largest absolute Gasteiger partial charge is 0.391 e. The van der Waals surface area contributed by atoms with Crippen molar-refractivity contribution in [2.75, 3.05) is 18.0 Å². The monoisotopic (exact) mass is 228 g/mol. The number of halogens is 2. The van der Waals surface area contributed by atoms with Gasteiger partial charge in [-0.2, -0.15) is 0 Å². The van der Waals surface area contributed by atoms with E-state index in [1.807, 2.05) is 0 Å². The first-order chi connectivity index (χ1) is 7.63. The molecule has 1 fully saturated rings. The van der Waals surface area contributed by atoms with Crippen LogP contribution in [0.15, 0.2) is 12.1 Å². The molecule has 16 heavy (non-hydrogen) atoms. The Morgan fingerprint density at radius 2 is 2.12 bits per heavy atom. The van der Waals surface area contributed by atoms with E-state index in [0.717, 1.165) is 0 Å². The van der Waals surface area contributed by atoms with Crippen LogP contribution in [0.2, 0.25) is 0 Å². The Kier molecular flexibility index (Phi) is 3.07. The third-order valence-corrected chi connectivity index (χ3v) is 2.87. The van der Waals surface area contributed by atoms with E-state index >= 15 is 0 Å². The van der Waals surface area contributed by atoms with Crippen molar-refractivity contribution in [2.24, 2.45) is 5.73 Å². The van der Waals surface area contributed by atoms with Gasteiger partial charge in [0.15, 0.2) is 11.6 Å². The lowest BCUT2D eigenvalue weighted by molar-refractivity contribution is 0.198. The molecule has 1 saturated heterocycles. The summed E-state index contributed by atoms with van der Waals surface area (Å²) in [5, 5.41) is 9.34. The van der Waals surface area contributed by atoms with Crippen molar-refractivity contribution in [3.63, 3.8) is 0 Å².